The molecule has 1 saturated heterocycles. The maximum atomic E-state index is 13.3. The molecule has 0 spiro atoms. The number of hydrogen-bond donors (Lipinski definition) is 2. The molecule has 2 N–H and O–H groups in total. The van der Waals surface area contributed by atoms with Crippen LogP contribution in [0.25, 0.3) is 16.5 Å². The molecule has 1 unspecified atom stereocenters. The van der Waals surface area contributed by atoms with Crippen LogP contribution in [0.15, 0.2) is 84.8 Å². The van der Waals surface area contributed by atoms with Gasteiger partial charge in [0.1, 0.15) is 11.6 Å². The smallest absolute Gasteiger partial charge is 0.279 e. The monoisotopic (exact) mass is 514 g/mol. The lowest BCUT2D eigenvalue weighted by Crippen LogP contribution is -2.39. The molecular formula is C28H30N6O2S. The number of nitrogens with one attached hydrogen (secondary N) is 2. The normalized spacial score (nSPS) is 17.1. The lowest BCUT2D eigenvalue weighted by Gasteiger charge is -2.34. The van der Waals surface area contributed by atoms with Crippen molar-refractivity contribution in [1.29, 1.82) is 0 Å². The molecule has 0 saturated carbocycles. The van der Waals surface area contributed by atoms with Gasteiger partial charge in [0, 0.05) is 52.7 Å². The molecule has 1 fully saturated rings. The number of rotatable bonds is 7. The number of pyridine rings is 3. The van der Waals surface area contributed by atoms with E-state index in [1.54, 1.807) is 36.8 Å². The molecule has 37 heavy (non-hydrogen) atoms. The Hall–Kier alpha value is -3.98. The van der Waals surface area contributed by atoms with Crippen molar-refractivity contribution in [3.63, 3.8) is 0 Å². The van der Waals surface area contributed by atoms with Crippen LogP contribution < -0.4 is 14.9 Å². The minimum Gasteiger partial charge on any atom is -0.351 e. The summed E-state index contributed by atoms with van der Waals surface area (Å²) in [5.41, 5.74) is 1.61. The molecule has 1 aliphatic heterocycles. The Labute approximate surface area is 217 Å². The Morgan fingerprint density at radius 3 is 2.68 bits per heavy atom. The molecule has 8 nitrogen and oxygen atoms in total. The van der Waals surface area contributed by atoms with Crippen LogP contribution in [-0.2, 0) is 10.0 Å². The van der Waals surface area contributed by atoms with Gasteiger partial charge in [-0.3, -0.25) is 9.71 Å². The summed E-state index contributed by atoms with van der Waals surface area (Å²) >= 11 is 0. The number of benzene rings is 1. The number of fused-ring (bicyclic) bond motifs is 1. The minimum atomic E-state index is -4.00. The van der Waals surface area contributed by atoms with Crippen molar-refractivity contribution < 1.29 is 8.42 Å². The van der Waals surface area contributed by atoms with Crippen LogP contribution in [0.5, 0.6) is 0 Å². The average Bonchev–Trinajstić information content (AvgIpc) is 3.15. The maximum Gasteiger partial charge on any atom is 0.279 e. The van der Waals surface area contributed by atoms with E-state index in [-0.39, 0.29) is 16.3 Å². The third-order valence-corrected chi connectivity index (χ3v) is 7.93. The van der Waals surface area contributed by atoms with Gasteiger partial charge in [-0.15, -0.1) is 0 Å². The highest BCUT2D eigenvalue weighted by Crippen LogP contribution is 2.38. The zero-order chi connectivity index (χ0) is 26.2. The largest absolute Gasteiger partial charge is 0.351 e. The summed E-state index contributed by atoms with van der Waals surface area (Å²) in [6.07, 6.45) is 6.24. The third-order valence-electron chi connectivity index (χ3n) is 6.64. The van der Waals surface area contributed by atoms with Crippen molar-refractivity contribution in [2.24, 2.45) is 5.92 Å². The molecule has 3 aromatic heterocycles. The molecule has 1 aromatic carbocycles. The highest BCUT2D eigenvalue weighted by molar-refractivity contribution is 7.89. The molecule has 0 aliphatic carbocycles. The lowest BCUT2D eigenvalue weighted by molar-refractivity contribution is 0.486. The van der Waals surface area contributed by atoms with Crippen LogP contribution >= 0.6 is 0 Å². The van der Waals surface area contributed by atoms with Gasteiger partial charge in [0.05, 0.1) is 5.70 Å². The number of anilines is 3. The van der Waals surface area contributed by atoms with Crippen molar-refractivity contribution in [2.75, 3.05) is 16.8 Å². The fraction of sp³-hybridized carbons (Fsp3) is 0.250. The zero-order valence-electron chi connectivity index (χ0n) is 21.1. The van der Waals surface area contributed by atoms with Gasteiger partial charge in [-0.1, -0.05) is 31.7 Å². The van der Waals surface area contributed by atoms with Crippen molar-refractivity contribution in [2.45, 2.75) is 37.8 Å². The first kappa shape index (κ1) is 24.7. The summed E-state index contributed by atoms with van der Waals surface area (Å²) in [7, 11) is -4.00. The summed E-state index contributed by atoms with van der Waals surface area (Å²) in [5.74, 6) is 1.64. The summed E-state index contributed by atoms with van der Waals surface area (Å²) < 4.78 is 29.3. The zero-order valence-corrected chi connectivity index (χ0v) is 22.0. The van der Waals surface area contributed by atoms with Gasteiger partial charge in [0.2, 0.25) is 0 Å². The summed E-state index contributed by atoms with van der Waals surface area (Å²) in [5, 5.41) is 5.05. The van der Waals surface area contributed by atoms with Gasteiger partial charge in [0.15, 0.2) is 5.03 Å². The molecular weight excluding hydrogens is 484 g/mol. The van der Waals surface area contributed by atoms with E-state index in [0.717, 1.165) is 35.2 Å². The quantitative estimate of drug-likeness (QED) is 0.343. The Balaban J connectivity index is 1.40. The van der Waals surface area contributed by atoms with Crippen LogP contribution in [0, 0.1) is 5.92 Å². The molecule has 1 aliphatic rings. The average molecular weight is 515 g/mol. The second kappa shape index (κ2) is 9.48. The van der Waals surface area contributed by atoms with E-state index in [1.165, 1.54) is 6.07 Å². The van der Waals surface area contributed by atoms with E-state index in [9.17, 15) is 8.42 Å². The Bertz CT molecular complexity index is 1580. The van der Waals surface area contributed by atoms with Crippen molar-refractivity contribution in [3.05, 3.63) is 85.3 Å². The predicted octanol–water partition coefficient (Wildman–Crippen LogP) is 5.34. The molecule has 4 aromatic rings. The Morgan fingerprint density at radius 2 is 1.89 bits per heavy atom. The van der Waals surface area contributed by atoms with E-state index >= 15 is 0 Å². The van der Waals surface area contributed by atoms with Crippen molar-refractivity contribution in [3.8, 4) is 0 Å². The van der Waals surface area contributed by atoms with E-state index in [4.69, 9.17) is 0 Å². The van der Waals surface area contributed by atoms with Gasteiger partial charge in [0.25, 0.3) is 10.0 Å². The first-order valence-electron chi connectivity index (χ1n) is 12.2. The molecule has 1 atom stereocenters. The van der Waals surface area contributed by atoms with E-state index in [0.29, 0.717) is 17.3 Å². The molecule has 0 amide bonds. The van der Waals surface area contributed by atoms with E-state index in [1.807, 2.05) is 30.3 Å². The summed E-state index contributed by atoms with van der Waals surface area (Å²) in [6, 6.07) is 16.2. The van der Waals surface area contributed by atoms with Gasteiger partial charge < -0.3 is 10.2 Å². The first-order valence-corrected chi connectivity index (χ1v) is 13.6. The summed E-state index contributed by atoms with van der Waals surface area (Å²) in [6.45, 7) is 11.5. The predicted molar refractivity (Wildman–Crippen MR) is 148 cm³/mol. The second-order valence-electron chi connectivity index (χ2n) is 10.1. The lowest BCUT2D eigenvalue weighted by atomic mass is 9.97. The molecule has 0 radical (unpaired) electrons. The Morgan fingerprint density at radius 1 is 1.08 bits per heavy atom. The minimum absolute atomic E-state index is 0.0963. The SMILES string of the molecule is C=C(NS(=O)(=O)c1cccc(Nc2cccc3cnccc23)n1)c1cccnc1N1CC(C)CC1(C)C. The number of nitrogens with zero attached hydrogens (tertiary/aromatic N) is 4. The second-order valence-corrected chi connectivity index (χ2v) is 11.7. The van der Waals surface area contributed by atoms with Crippen LogP contribution in [0.3, 0.4) is 0 Å². The van der Waals surface area contributed by atoms with Crippen LogP contribution in [-0.4, -0.2) is 35.5 Å². The topological polar surface area (TPSA) is 100 Å². The van der Waals surface area contributed by atoms with Gasteiger partial charge in [-0.2, -0.15) is 8.42 Å². The van der Waals surface area contributed by atoms with Crippen LogP contribution in [0.4, 0.5) is 17.3 Å². The molecule has 9 heteroatoms. The highest BCUT2D eigenvalue weighted by atomic mass is 32.2. The standard InChI is InChI=1S/C28H30N6O2S/c1-19-16-28(3,4)34(18-19)27-22(9-7-14-30-27)20(2)33-37(35,36)26-12-6-11-25(32-26)31-24-10-5-8-21-17-29-15-13-23(21)24/h5-15,17,19,33H,2,16,18H2,1,3-4H3,(H,31,32). The molecule has 5 rings (SSSR count). The third kappa shape index (κ3) is 4.99. The van der Waals surface area contributed by atoms with E-state index < -0.39 is 10.0 Å². The van der Waals surface area contributed by atoms with Crippen LogP contribution in [0.1, 0.15) is 32.8 Å². The van der Waals surface area contributed by atoms with Crippen molar-refractivity contribution in [1.82, 2.24) is 19.7 Å². The summed E-state index contributed by atoms with van der Waals surface area (Å²) in [4.78, 5) is 15.4. The van der Waals surface area contributed by atoms with Gasteiger partial charge in [-0.05, 0) is 62.6 Å². The van der Waals surface area contributed by atoms with Crippen LogP contribution in [0.2, 0.25) is 0 Å². The number of sulfonamides is 1. The molecule has 4 heterocycles. The van der Waals surface area contributed by atoms with Gasteiger partial charge >= 0.3 is 0 Å². The molecule has 0 bridgehead atoms. The maximum absolute atomic E-state index is 13.3. The number of hydrogen-bond acceptors (Lipinski definition) is 7. The fourth-order valence-electron chi connectivity index (χ4n) is 5.08. The Kier molecular flexibility index (Phi) is 6.33. The molecule has 190 valence electrons. The fourth-order valence-corrected chi connectivity index (χ4v) is 6.10. The van der Waals surface area contributed by atoms with E-state index in [2.05, 4.69) is 57.2 Å². The highest BCUT2D eigenvalue weighted by Gasteiger charge is 2.38. The van der Waals surface area contributed by atoms with Crippen molar-refractivity contribution >= 4 is 43.8 Å². The van der Waals surface area contributed by atoms with Gasteiger partial charge in [-0.25, -0.2) is 9.97 Å². The number of aromatic nitrogens is 3. The first-order chi connectivity index (χ1) is 17.6.